The predicted octanol–water partition coefficient (Wildman–Crippen LogP) is 0.826. The summed E-state index contributed by atoms with van der Waals surface area (Å²) in [5.41, 5.74) is 0.883. The average molecular weight is 278 g/mol. The summed E-state index contributed by atoms with van der Waals surface area (Å²) in [4.78, 5) is 24.9. The highest BCUT2D eigenvalue weighted by Gasteiger charge is 2.09. The number of carbonyl (C=O) groups excluding carboxylic acids is 2. The van der Waals surface area contributed by atoms with E-state index in [1.807, 2.05) is 13.0 Å². The molecule has 0 fully saturated rings. The van der Waals surface area contributed by atoms with E-state index in [0.29, 0.717) is 11.4 Å². The lowest BCUT2D eigenvalue weighted by Crippen LogP contribution is -2.36. The molecule has 2 rings (SSSR count). The normalized spacial score (nSPS) is 10.2. The van der Waals surface area contributed by atoms with Crippen LogP contribution in [0.3, 0.4) is 0 Å². The first-order valence-electron chi connectivity index (χ1n) is 5.74. The number of aromatic nitrogens is 2. The Balaban J connectivity index is 1.73. The van der Waals surface area contributed by atoms with Crippen molar-refractivity contribution in [3.8, 4) is 0 Å². The van der Waals surface area contributed by atoms with E-state index in [9.17, 15) is 9.59 Å². The fourth-order valence-corrected chi connectivity index (χ4v) is 2.23. The van der Waals surface area contributed by atoms with E-state index in [0.717, 1.165) is 10.4 Å². The molecule has 2 heterocycles. The molecule has 7 heteroatoms. The van der Waals surface area contributed by atoms with Gasteiger partial charge in [-0.3, -0.25) is 14.7 Å². The number of amides is 2. The summed E-state index contributed by atoms with van der Waals surface area (Å²) in [6, 6.07) is 3.62. The SMILES string of the molecule is Cc1ccc(C(=O)NCC(=O)NCc2cn[nH]c2)s1. The highest BCUT2D eigenvalue weighted by Crippen LogP contribution is 2.14. The second kappa shape index (κ2) is 6.14. The zero-order valence-electron chi connectivity index (χ0n) is 10.4. The van der Waals surface area contributed by atoms with Crippen LogP contribution in [0.4, 0.5) is 0 Å². The molecule has 2 aromatic rings. The minimum absolute atomic E-state index is 0.0341. The Morgan fingerprint density at radius 2 is 2.21 bits per heavy atom. The van der Waals surface area contributed by atoms with Crippen LogP contribution in [0.15, 0.2) is 24.5 Å². The number of rotatable bonds is 5. The lowest BCUT2D eigenvalue weighted by Gasteiger charge is -2.04. The molecular formula is C12H14N4O2S. The van der Waals surface area contributed by atoms with Gasteiger partial charge in [-0.2, -0.15) is 5.10 Å². The van der Waals surface area contributed by atoms with E-state index in [-0.39, 0.29) is 18.4 Å². The smallest absolute Gasteiger partial charge is 0.261 e. The molecule has 0 radical (unpaired) electrons. The molecule has 6 nitrogen and oxygen atoms in total. The van der Waals surface area contributed by atoms with E-state index in [2.05, 4.69) is 20.8 Å². The number of nitrogens with zero attached hydrogens (tertiary/aromatic N) is 1. The number of hydrogen-bond acceptors (Lipinski definition) is 4. The summed E-state index contributed by atoms with van der Waals surface area (Å²) in [6.07, 6.45) is 3.33. The van der Waals surface area contributed by atoms with Crippen LogP contribution in [0.1, 0.15) is 20.1 Å². The van der Waals surface area contributed by atoms with E-state index in [1.54, 1.807) is 18.5 Å². The summed E-state index contributed by atoms with van der Waals surface area (Å²) in [5, 5.41) is 11.7. The lowest BCUT2D eigenvalue weighted by molar-refractivity contribution is -0.120. The van der Waals surface area contributed by atoms with E-state index < -0.39 is 0 Å². The van der Waals surface area contributed by atoms with Crippen LogP contribution in [0.2, 0.25) is 0 Å². The highest BCUT2D eigenvalue weighted by atomic mass is 32.1. The van der Waals surface area contributed by atoms with Crippen molar-refractivity contribution < 1.29 is 9.59 Å². The van der Waals surface area contributed by atoms with Crippen molar-refractivity contribution >= 4 is 23.2 Å². The summed E-state index contributed by atoms with van der Waals surface area (Å²) in [6.45, 7) is 2.29. The molecule has 0 aliphatic rings. The Hall–Kier alpha value is -2.15. The van der Waals surface area contributed by atoms with E-state index >= 15 is 0 Å². The fraction of sp³-hybridized carbons (Fsp3) is 0.250. The minimum Gasteiger partial charge on any atom is -0.350 e. The van der Waals surface area contributed by atoms with Crippen molar-refractivity contribution in [3.63, 3.8) is 0 Å². The highest BCUT2D eigenvalue weighted by molar-refractivity contribution is 7.13. The Kier molecular flexibility index (Phi) is 4.30. The van der Waals surface area contributed by atoms with Gasteiger partial charge in [0.25, 0.3) is 5.91 Å². The number of aromatic amines is 1. The van der Waals surface area contributed by atoms with Crippen LogP contribution >= 0.6 is 11.3 Å². The first-order chi connectivity index (χ1) is 9.15. The van der Waals surface area contributed by atoms with Crippen LogP contribution in [-0.4, -0.2) is 28.6 Å². The number of aryl methyl sites for hydroxylation is 1. The molecule has 0 aliphatic carbocycles. The van der Waals surface area contributed by atoms with Crippen LogP contribution < -0.4 is 10.6 Å². The van der Waals surface area contributed by atoms with E-state index in [4.69, 9.17) is 0 Å². The predicted molar refractivity (Wildman–Crippen MR) is 71.8 cm³/mol. The van der Waals surface area contributed by atoms with Gasteiger partial charge >= 0.3 is 0 Å². The Labute approximate surface area is 114 Å². The Bertz CT molecular complexity index is 562. The summed E-state index contributed by atoms with van der Waals surface area (Å²) in [5.74, 6) is -0.459. The maximum atomic E-state index is 11.7. The number of hydrogen-bond donors (Lipinski definition) is 3. The van der Waals surface area contributed by atoms with Gasteiger partial charge in [-0.15, -0.1) is 11.3 Å². The minimum atomic E-state index is -0.233. The van der Waals surface area contributed by atoms with Crippen molar-refractivity contribution in [1.82, 2.24) is 20.8 Å². The van der Waals surface area contributed by atoms with Gasteiger partial charge in [0.1, 0.15) is 0 Å². The molecule has 2 amide bonds. The quantitative estimate of drug-likeness (QED) is 0.757. The van der Waals surface area contributed by atoms with Gasteiger partial charge in [0.2, 0.25) is 5.91 Å². The van der Waals surface area contributed by atoms with Crippen molar-refractivity contribution in [2.45, 2.75) is 13.5 Å². The fourth-order valence-electron chi connectivity index (χ4n) is 1.44. The average Bonchev–Trinajstić information content (AvgIpc) is 3.04. The molecular weight excluding hydrogens is 264 g/mol. The van der Waals surface area contributed by atoms with E-state index in [1.165, 1.54) is 11.3 Å². The van der Waals surface area contributed by atoms with Crippen molar-refractivity contribution in [3.05, 3.63) is 39.8 Å². The maximum absolute atomic E-state index is 11.7. The molecule has 0 bridgehead atoms. The van der Waals surface area contributed by atoms with Crippen LogP contribution in [0.5, 0.6) is 0 Å². The molecule has 0 unspecified atom stereocenters. The first kappa shape index (κ1) is 13.3. The molecule has 100 valence electrons. The molecule has 0 saturated heterocycles. The molecule has 0 saturated carbocycles. The third-order valence-corrected chi connectivity index (χ3v) is 3.42. The van der Waals surface area contributed by atoms with Gasteiger partial charge < -0.3 is 10.6 Å². The monoisotopic (exact) mass is 278 g/mol. The second-order valence-electron chi connectivity index (χ2n) is 3.98. The first-order valence-corrected chi connectivity index (χ1v) is 6.56. The number of carbonyl (C=O) groups is 2. The standard InChI is InChI=1S/C12H14N4O2S/c1-8-2-3-10(19-8)12(18)14-7-11(17)13-4-9-5-15-16-6-9/h2-3,5-6H,4,7H2,1H3,(H,13,17)(H,14,18)(H,15,16). The zero-order valence-corrected chi connectivity index (χ0v) is 11.2. The summed E-state index contributed by atoms with van der Waals surface area (Å²) >= 11 is 1.40. The molecule has 0 aliphatic heterocycles. The third-order valence-electron chi connectivity index (χ3n) is 2.42. The molecule has 0 aromatic carbocycles. The van der Waals surface area contributed by atoms with Gasteiger partial charge in [-0.05, 0) is 19.1 Å². The molecule has 2 aromatic heterocycles. The Morgan fingerprint density at radius 1 is 1.37 bits per heavy atom. The zero-order chi connectivity index (χ0) is 13.7. The number of H-pyrrole nitrogens is 1. The maximum Gasteiger partial charge on any atom is 0.261 e. The van der Waals surface area contributed by atoms with Crippen LogP contribution in [0.25, 0.3) is 0 Å². The van der Waals surface area contributed by atoms with Crippen molar-refractivity contribution in [2.75, 3.05) is 6.54 Å². The van der Waals surface area contributed by atoms with Gasteiger partial charge in [0, 0.05) is 23.2 Å². The molecule has 19 heavy (non-hydrogen) atoms. The number of nitrogens with one attached hydrogen (secondary N) is 3. The number of thiophene rings is 1. The van der Waals surface area contributed by atoms with Gasteiger partial charge in [-0.1, -0.05) is 0 Å². The second-order valence-corrected chi connectivity index (χ2v) is 5.26. The molecule has 0 atom stereocenters. The lowest BCUT2D eigenvalue weighted by atomic mass is 10.3. The van der Waals surface area contributed by atoms with Crippen LogP contribution in [-0.2, 0) is 11.3 Å². The van der Waals surface area contributed by atoms with Crippen LogP contribution in [0, 0.1) is 6.92 Å². The topological polar surface area (TPSA) is 86.9 Å². The largest absolute Gasteiger partial charge is 0.350 e. The third kappa shape index (κ3) is 3.92. The van der Waals surface area contributed by atoms with Crippen molar-refractivity contribution in [1.29, 1.82) is 0 Å². The summed E-state index contributed by atoms with van der Waals surface area (Å²) in [7, 11) is 0. The van der Waals surface area contributed by atoms with Gasteiger partial charge in [0.05, 0.1) is 17.6 Å². The molecule has 0 spiro atoms. The summed E-state index contributed by atoms with van der Waals surface area (Å²) < 4.78 is 0. The van der Waals surface area contributed by atoms with Gasteiger partial charge in [0.15, 0.2) is 0 Å². The molecule has 3 N–H and O–H groups in total. The Morgan fingerprint density at radius 3 is 2.84 bits per heavy atom. The van der Waals surface area contributed by atoms with Crippen molar-refractivity contribution in [2.24, 2.45) is 0 Å². The van der Waals surface area contributed by atoms with Gasteiger partial charge in [-0.25, -0.2) is 0 Å².